The third-order valence-electron chi connectivity index (χ3n) is 3.53. The van der Waals surface area contributed by atoms with Crippen molar-refractivity contribution in [3.8, 4) is 5.75 Å². The van der Waals surface area contributed by atoms with Crippen molar-refractivity contribution >= 4 is 17.5 Å². The van der Waals surface area contributed by atoms with E-state index in [4.69, 9.17) is 22.1 Å². The fraction of sp³-hybridized carbons (Fsp3) is 0.278. The lowest BCUT2D eigenvalue weighted by Gasteiger charge is -2.26. The highest BCUT2D eigenvalue weighted by Gasteiger charge is 2.26. The zero-order valence-corrected chi connectivity index (χ0v) is 13.8. The van der Waals surface area contributed by atoms with Crippen LogP contribution in [0.15, 0.2) is 48.5 Å². The molecule has 23 heavy (non-hydrogen) atoms. The lowest BCUT2D eigenvalue weighted by atomic mass is 9.91. The predicted octanol–water partition coefficient (Wildman–Crippen LogP) is 3.63. The molecule has 2 rings (SSSR count). The molecule has 3 N–H and O–H groups in total. The number of para-hydroxylation sites is 1. The van der Waals surface area contributed by atoms with Gasteiger partial charge in [0.1, 0.15) is 11.9 Å². The monoisotopic (exact) mass is 333 g/mol. The van der Waals surface area contributed by atoms with Crippen molar-refractivity contribution in [2.75, 3.05) is 0 Å². The van der Waals surface area contributed by atoms with Gasteiger partial charge in [0.25, 0.3) is 5.91 Å². The maximum atomic E-state index is 11.4. The van der Waals surface area contributed by atoms with E-state index in [0.717, 1.165) is 0 Å². The molecular formula is C18H20ClNO3. The summed E-state index contributed by atoms with van der Waals surface area (Å²) in [6, 6.07) is 14.3. The summed E-state index contributed by atoms with van der Waals surface area (Å²) in [5.74, 6) is -0.0195. The van der Waals surface area contributed by atoms with Crippen molar-refractivity contribution in [3.63, 3.8) is 0 Å². The SMILES string of the molecule is CC(C)C(Oc1ccccc1)c1cc(Cl)ccc1C(O)C(N)=O. The summed E-state index contributed by atoms with van der Waals surface area (Å²) in [6.45, 7) is 3.99. The Balaban J connectivity index is 2.46. The van der Waals surface area contributed by atoms with E-state index in [-0.39, 0.29) is 12.0 Å². The number of primary amides is 1. The highest BCUT2D eigenvalue weighted by Crippen LogP contribution is 2.34. The molecule has 0 aromatic heterocycles. The molecular weight excluding hydrogens is 314 g/mol. The predicted molar refractivity (Wildman–Crippen MR) is 90.3 cm³/mol. The summed E-state index contributed by atoms with van der Waals surface area (Å²) in [6.07, 6.45) is -1.78. The van der Waals surface area contributed by atoms with E-state index in [2.05, 4.69) is 0 Å². The van der Waals surface area contributed by atoms with Crippen LogP contribution in [-0.4, -0.2) is 11.0 Å². The Bertz CT molecular complexity index is 673. The molecule has 2 aromatic carbocycles. The Morgan fingerprint density at radius 1 is 1.13 bits per heavy atom. The summed E-state index contributed by atoms with van der Waals surface area (Å²) in [4.78, 5) is 11.4. The number of carbonyl (C=O) groups excluding carboxylic acids is 1. The number of hydrogen-bond acceptors (Lipinski definition) is 3. The summed E-state index contributed by atoms with van der Waals surface area (Å²) in [5.41, 5.74) is 6.31. The molecule has 0 saturated heterocycles. The van der Waals surface area contributed by atoms with Gasteiger partial charge in [0, 0.05) is 10.6 Å². The average molecular weight is 334 g/mol. The van der Waals surface area contributed by atoms with E-state index >= 15 is 0 Å². The first-order valence-corrected chi connectivity index (χ1v) is 7.76. The van der Waals surface area contributed by atoms with Crippen LogP contribution >= 0.6 is 11.6 Å². The first-order valence-electron chi connectivity index (χ1n) is 7.38. The number of rotatable bonds is 6. The van der Waals surface area contributed by atoms with Gasteiger partial charge in [-0.15, -0.1) is 0 Å². The molecule has 122 valence electrons. The summed E-state index contributed by atoms with van der Waals surface area (Å²) < 4.78 is 6.07. The quantitative estimate of drug-likeness (QED) is 0.847. The number of aliphatic hydroxyl groups excluding tert-OH is 1. The molecule has 4 nitrogen and oxygen atoms in total. The van der Waals surface area contributed by atoms with Crippen LogP contribution in [0.4, 0.5) is 0 Å². The van der Waals surface area contributed by atoms with Gasteiger partial charge in [-0.3, -0.25) is 4.79 Å². The topological polar surface area (TPSA) is 72.6 Å². The molecule has 0 aliphatic rings. The van der Waals surface area contributed by atoms with Crippen LogP contribution < -0.4 is 10.5 Å². The second kappa shape index (κ2) is 7.49. The van der Waals surface area contributed by atoms with Crippen molar-refractivity contribution in [1.82, 2.24) is 0 Å². The van der Waals surface area contributed by atoms with Crippen LogP contribution in [0.25, 0.3) is 0 Å². The van der Waals surface area contributed by atoms with Gasteiger partial charge < -0.3 is 15.6 Å². The number of amides is 1. The molecule has 0 aliphatic heterocycles. The molecule has 0 fully saturated rings. The number of benzene rings is 2. The molecule has 2 aromatic rings. The van der Waals surface area contributed by atoms with Crippen LogP contribution in [-0.2, 0) is 4.79 Å². The minimum absolute atomic E-state index is 0.0903. The molecule has 0 aliphatic carbocycles. The summed E-state index contributed by atoms with van der Waals surface area (Å²) in [5, 5.41) is 10.6. The van der Waals surface area contributed by atoms with E-state index in [1.165, 1.54) is 0 Å². The third-order valence-corrected chi connectivity index (χ3v) is 3.77. The van der Waals surface area contributed by atoms with E-state index < -0.39 is 12.0 Å². The van der Waals surface area contributed by atoms with Crippen LogP contribution in [0.1, 0.15) is 37.2 Å². The van der Waals surface area contributed by atoms with E-state index in [1.54, 1.807) is 18.2 Å². The molecule has 0 radical (unpaired) electrons. The Morgan fingerprint density at radius 3 is 2.35 bits per heavy atom. The van der Waals surface area contributed by atoms with Gasteiger partial charge in [0.05, 0.1) is 0 Å². The number of ether oxygens (including phenoxy) is 1. The minimum Gasteiger partial charge on any atom is -0.485 e. The van der Waals surface area contributed by atoms with Crippen LogP contribution in [0.5, 0.6) is 5.75 Å². The largest absolute Gasteiger partial charge is 0.485 e. The molecule has 1 amide bonds. The Morgan fingerprint density at radius 2 is 1.78 bits per heavy atom. The third kappa shape index (κ3) is 4.24. The van der Waals surface area contributed by atoms with Crippen molar-refractivity contribution in [2.24, 2.45) is 11.7 Å². The molecule has 2 unspecified atom stereocenters. The van der Waals surface area contributed by atoms with Gasteiger partial charge in [0.2, 0.25) is 0 Å². The zero-order chi connectivity index (χ0) is 17.0. The maximum Gasteiger partial charge on any atom is 0.250 e. The molecule has 0 heterocycles. The number of carbonyl (C=O) groups is 1. The molecule has 2 atom stereocenters. The number of aliphatic hydroxyl groups is 1. The number of hydrogen-bond donors (Lipinski definition) is 2. The van der Waals surface area contributed by atoms with Gasteiger partial charge in [-0.05, 0) is 35.7 Å². The van der Waals surface area contributed by atoms with Crippen LogP contribution in [0.3, 0.4) is 0 Å². The van der Waals surface area contributed by atoms with Crippen molar-refractivity contribution in [3.05, 3.63) is 64.7 Å². The van der Waals surface area contributed by atoms with Gasteiger partial charge >= 0.3 is 0 Å². The fourth-order valence-electron chi connectivity index (χ4n) is 2.40. The highest BCUT2D eigenvalue weighted by atomic mass is 35.5. The lowest BCUT2D eigenvalue weighted by Crippen LogP contribution is -2.24. The smallest absolute Gasteiger partial charge is 0.250 e. The van der Waals surface area contributed by atoms with Gasteiger partial charge in [-0.1, -0.05) is 49.7 Å². The number of nitrogens with two attached hydrogens (primary N) is 1. The zero-order valence-electron chi connectivity index (χ0n) is 13.1. The first-order chi connectivity index (χ1) is 10.9. The normalized spacial score (nSPS) is 13.6. The highest BCUT2D eigenvalue weighted by molar-refractivity contribution is 6.30. The number of halogens is 1. The van der Waals surface area contributed by atoms with E-state index in [0.29, 0.717) is 21.9 Å². The van der Waals surface area contributed by atoms with E-state index in [1.807, 2.05) is 44.2 Å². The lowest BCUT2D eigenvalue weighted by molar-refractivity contribution is -0.126. The van der Waals surface area contributed by atoms with Crippen LogP contribution in [0, 0.1) is 5.92 Å². The van der Waals surface area contributed by atoms with Crippen LogP contribution in [0.2, 0.25) is 5.02 Å². The summed E-state index contributed by atoms with van der Waals surface area (Å²) >= 11 is 6.10. The maximum absolute atomic E-state index is 11.4. The van der Waals surface area contributed by atoms with Gasteiger partial charge in [-0.25, -0.2) is 0 Å². The average Bonchev–Trinajstić information content (AvgIpc) is 2.52. The molecule has 0 bridgehead atoms. The Kier molecular flexibility index (Phi) is 5.64. The second-order valence-corrected chi connectivity index (χ2v) is 6.11. The summed E-state index contributed by atoms with van der Waals surface area (Å²) in [7, 11) is 0. The van der Waals surface area contributed by atoms with E-state index in [9.17, 15) is 9.90 Å². The fourth-order valence-corrected chi connectivity index (χ4v) is 2.58. The second-order valence-electron chi connectivity index (χ2n) is 5.67. The Hall–Kier alpha value is -2.04. The minimum atomic E-state index is -1.40. The molecule has 0 spiro atoms. The van der Waals surface area contributed by atoms with Crippen molar-refractivity contribution < 1.29 is 14.6 Å². The van der Waals surface area contributed by atoms with Gasteiger partial charge in [0.15, 0.2) is 6.10 Å². The first kappa shape index (κ1) is 17.3. The molecule has 5 heteroatoms. The molecule has 0 saturated carbocycles. The van der Waals surface area contributed by atoms with Crippen molar-refractivity contribution in [2.45, 2.75) is 26.1 Å². The van der Waals surface area contributed by atoms with Crippen molar-refractivity contribution in [1.29, 1.82) is 0 Å². The Labute approximate surface area is 140 Å². The standard InChI is InChI=1S/C18H20ClNO3/c1-11(2)17(23-13-6-4-3-5-7-13)15-10-12(19)8-9-14(15)16(21)18(20)22/h3-11,16-17,21H,1-2H3,(H2,20,22). The van der Waals surface area contributed by atoms with Gasteiger partial charge in [-0.2, -0.15) is 0 Å².